The monoisotopic (exact) mass is 271 g/mol. The highest BCUT2D eigenvalue weighted by Crippen LogP contribution is 2.22. The maximum absolute atomic E-state index is 11.4. The standard InChI is InChI=1S/C14H29N3O2/c1-14(2,3)10-16-12-7-11(5-4-6-18)8-17(9-12)13(15)19/h11-12,16,18H,4-10H2,1-3H3,(H2,15,19). The van der Waals surface area contributed by atoms with Crippen molar-refractivity contribution in [2.24, 2.45) is 17.1 Å². The molecule has 112 valence electrons. The van der Waals surface area contributed by atoms with Gasteiger partial charge in [-0.15, -0.1) is 0 Å². The molecule has 0 saturated carbocycles. The third-order valence-electron chi connectivity index (χ3n) is 3.54. The molecule has 0 aromatic heterocycles. The fourth-order valence-electron chi connectivity index (χ4n) is 2.57. The van der Waals surface area contributed by atoms with Gasteiger partial charge in [0.15, 0.2) is 0 Å². The number of hydrogen-bond donors (Lipinski definition) is 3. The van der Waals surface area contributed by atoms with Gasteiger partial charge in [-0.3, -0.25) is 0 Å². The zero-order chi connectivity index (χ0) is 14.5. The van der Waals surface area contributed by atoms with E-state index in [1.807, 2.05) is 0 Å². The number of primary amides is 1. The van der Waals surface area contributed by atoms with Crippen LogP contribution in [0.2, 0.25) is 0 Å². The van der Waals surface area contributed by atoms with Gasteiger partial charge in [0.2, 0.25) is 0 Å². The van der Waals surface area contributed by atoms with E-state index < -0.39 is 0 Å². The molecular weight excluding hydrogens is 242 g/mol. The van der Waals surface area contributed by atoms with Crippen molar-refractivity contribution in [3.05, 3.63) is 0 Å². The van der Waals surface area contributed by atoms with Crippen molar-refractivity contribution >= 4 is 6.03 Å². The van der Waals surface area contributed by atoms with Crippen LogP contribution in [0, 0.1) is 11.3 Å². The zero-order valence-corrected chi connectivity index (χ0v) is 12.5. The topological polar surface area (TPSA) is 78.6 Å². The molecule has 1 aliphatic heterocycles. The number of carbonyl (C=O) groups excluding carboxylic acids is 1. The van der Waals surface area contributed by atoms with Crippen LogP contribution in [0.15, 0.2) is 0 Å². The highest BCUT2D eigenvalue weighted by atomic mass is 16.2. The van der Waals surface area contributed by atoms with Crippen LogP contribution in [0.3, 0.4) is 0 Å². The molecule has 2 unspecified atom stereocenters. The van der Waals surface area contributed by atoms with E-state index in [1.54, 1.807) is 4.90 Å². The number of aliphatic hydroxyl groups is 1. The molecule has 5 nitrogen and oxygen atoms in total. The number of piperidine rings is 1. The Kier molecular flexibility index (Phi) is 6.07. The van der Waals surface area contributed by atoms with Crippen LogP contribution < -0.4 is 11.1 Å². The summed E-state index contributed by atoms with van der Waals surface area (Å²) in [5, 5.41) is 12.5. The number of amides is 2. The van der Waals surface area contributed by atoms with Crippen LogP contribution in [-0.2, 0) is 0 Å². The molecular formula is C14H29N3O2. The second-order valence-electron chi connectivity index (χ2n) is 6.85. The molecule has 19 heavy (non-hydrogen) atoms. The summed E-state index contributed by atoms with van der Waals surface area (Å²) >= 11 is 0. The summed E-state index contributed by atoms with van der Waals surface area (Å²) in [6.07, 6.45) is 2.80. The minimum Gasteiger partial charge on any atom is -0.396 e. The van der Waals surface area contributed by atoms with Gasteiger partial charge in [0, 0.05) is 32.3 Å². The molecule has 1 heterocycles. The average Bonchev–Trinajstić information content (AvgIpc) is 2.32. The molecule has 2 atom stereocenters. The summed E-state index contributed by atoms with van der Waals surface area (Å²) in [4.78, 5) is 13.1. The van der Waals surface area contributed by atoms with Gasteiger partial charge in [0.1, 0.15) is 0 Å². The highest BCUT2D eigenvalue weighted by molar-refractivity contribution is 5.72. The van der Waals surface area contributed by atoms with Crippen LogP contribution in [0.25, 0.3) is 0 Å². The highest BCUT2D eigenvalue weighted by Gasteiger charge is 2.29. The van der Waals surface area contributed by atoms with E-state index in [0.717, 1.165) is 32.4 Å². The van der Waals surface area contributed by atoms with Crippen molar-refractivity contribution < 1.29 is 9.90 Å². The largest absolute Gasteiger partial charge is 0.396 e. The number of nitrogens with one attached hydrogen (secondary N) is 1. The van der Waals surface area contributed by atoms with Crippen molar-refractivity contribution in [2.45, 2.75) is 46.1 Å². The number of urea groups is 1. The summed E-state index contributed by atoms with van der Waals surface area (Å²) in [5.41, 5.74) is 5.64. The molecule has 0 aliphatic carbocycles. The molecule has 1 fully saturated rings. The predicted octanol–water partition coefficient (Wildman–Crippen LogP) is 1.16. The van der Waals surface area contributed by atoms with Gasteiger partial charge in [-0.05, 0) is 30.6 Å². The SMILES string of the molecule is CC(C)(C)CNC1CC(CCCO)CN(C(N)=O)C1. The molecule has 0 spiro atoms. The van der Waals surface area contributed by atoms with E-state index in [-0.39, 0.29) is 18.1 Å². The van der Waals surface area contributed by atoms with Crippen molar-refractivity contribution in [2.75, 3.05) is 26.2 Å². The van der Waals surface area contributed by atoms with Crippen molar-refractivity contribution in [3.63, 3.8) is 0 Å². The summed E-state index contributed by atoms with van der Waals surface area (Å²) < 4.78 is 0. The Morgan fingerprint density at radius 3 is 2.63 bits per heavy atom. The molecule has 0 aromatic rings. The van der Waals surface area contributed by atoms with Crippen LogP contribution in [0.1, 0.15) is 40.0 Å². The lowest BCUT2D eigenvalue weighted by molar-refractivity contribution is 0.140. The first-order chi connectivity index (χ1) is 8.81. The first kappa shape index (κ1) is 16.2. The molecule has 0 aromatic carbocycles. The van der Waals surface area contributed by atoms with Crippen molar-refractivity contribution in [1.29, 1.82) is 0 Å². The Morgan fingerprint density at radius 1 is 1.42 bits per heavy atom. The molecule has 1 rings (SSSR count). The average molecular weight is 271 g/mol. The van der Waals surface area contributed by atoms with Gasteiger partial charge < -0.3 is 21.1 Å². The Labute approximate surface area is 116 Å². The number of likely N-dealkylation sites (tertiary alicyclic amines) is 1. The van der Waals surface area contributed by atoms with Gasteiger partial charge in [0.05, 0.1) is 0 Å². The zero-order valence-electron chi connectivity index (χ0n) is 12.5. The fraction of sp³-hybridized carbons (Fsp3) is 0.929. The number of nitrogens with two attached hydrogens (primary N) is 1. The Hall–Kier alpha value is -0.810. The Bertz CT molecular complexity index is 289. The third-order valence-corrected chi connectivity index (χ3v) is 3.54. The first-order valence-corrected chi connectivity index (χ1v) is 7.20. The van der Waals surface area contributed by atoms with Gasteiger partial charge in [0.25, 0.3) is 0 Å². The number of nitrogens with zero attached hydrogens (tertiary/aromatic N) is 1. The molecule has 0 radical (unpaired) electrons. The minimum atomic E-state index is -0.337. The summed E-state index contributed by atoms with van der Waals surface area (Å²) in [7, 11) is 0. The fourth-order valence-corrected chi connectivity index (χ4v) is 2.57. The second kappa shape index (κ2) is 7.10. The molecule has 1 saturated heterocycles. The lowest BCUT2D eigenvalue weighted by atomic mass is 9.89. The van der Waals surface area contributed by atoms with Gasteiger partial charge >= 0.3 is 6.03 Å². The Balaban J connectivity index is 2.52. The van der Waals surface area contributed by atoms with Crippen LogP contribution >= 0.6 is 0 Å². The summed E-state index contributed by atoms with van der Waals surface area (Å²) in [5.74, 6) is 0.436. The van der Waals surface area contributed by atoms with Crippen LogP contribution in [0.4, 0.5) is 4.79 Å². The van der Waals surface area contributed by atoms with Gasteiger partial charge in [-0.25, -0.2) is 4.79 Å². The number of rotatable bonds is 5. The lowest BCUT2D eigenvalue weighted by Crippen LogP contribution is -2.53. The molecule has 5 heteroatoms. The van der Waals surface area contributed by atoms with E-state index in [1.165, 1.54) is 0 Å². The molecule has 0 bridgehead atoms. The maximum atomic E-state index is 11.4. The van der Waals surface area contributed by atoms with E-state index in [9.17, 15) is 4.79 Å². The number of carbonyl (C=O) groups is 1. The molecule has 1 aliphatic rings. The second-order valence-corrected chi connectivity index (χ2v) is 6.85. The molecule has 2 amide bonds. The first-order valence-electron chi connectivity index (χ1n) is 7.20. The lowest BCUT2D eigenvalue weighted by Gasteiger charge is -2.38. The number of aliphatic hydroxyl groups excluding tert-OH is 1. The maximum Gasteiger partial charge on any atom is 0.314 e. The number of hydrogen-bond acceptors (Lipinski definition) is 3. The smallest absolute Gasteiger partial charge is 0.314 e. The van der Waals surface area contributed by atoms with Crippen LogP contribution in [-0.4, -0.2) is 48.3 Å². The van der Waals surface area contributed by atoms with Gasteiger partial charge in [-0.2, -0.15) is 0 Å². The predicted molar refractivity (Wildman–Crippen MR) is 76.8 cm³/mol. The van der Waals surface area contributed by atoms with Crippen molar-refractivity contribution in [3.8, 4) is 0 Å². The summed E-state index contributed by atoms with van der Waals surface area (Å²) in [6.45, 7) is 9.14. The third kappa shape index (κ3) is 6.25. The molecule has 4 N–H and O–H groups in total. The van der Waals surface area contributed by atoms with E-state index in [0.29, 0.717) is 18.5 Å². The van der Waals surface area contributed by atoms with E-state index in [2.05, 4.69) is 26.1 Å². The van der Waals surface area contributed by atoms with Crippen molar-refractivity contribution in [1.82, 2.24) is 10.2 Å². The van der Waals surface area contributed by atoms with Crippen LogP contribution in [0.5, 0.6) is 0 Å². The normalized spacial score (nSPS) is 24.5. The minimum absolute atomic E-state index is 0.215. The van der Waals surface area contributed by atoms with E-state index in [4.69, 9.17) is 10.8 Å². The summed E-state index contributed by atoms with van der Waals surface area (Å²) in [6, 6.07) is -0.0274. The van der Waals surface area contributed by atoms with Gasteiger partial charge in [-0.1, -0.05) is 20.8 Å². The quantitative estimate of drug-likeness (QED) is 0.702. The van der Waals surface area contributed by atoms with E-state index >= 15 is 0 Å². The Morgan fingerprint density at radius 2 is 2.11 bits per heavy atom.